The summed E-state index contributed by atoms with van der Waals surface area (Å²) in [4.78, 5) is 0. The van der Waals surface area contributed by atoms with Crippen molar-refractivity contribution in [3.05, 3.63) is 0 Å². The molecule has 1 fully saturated rings. The molecule has 1 saturated carbocycles. The van der Waals surface area contributed by atoms with Gasteiger partial charge in [-0.2, -0.15) is 0 Å². The molecule has 0 aromatic carbocycles. The normalized spacial score (nSPS) is 31.5. The van der Waals surface area contributed by atoms with Crippen LogP contribution < -0.4 is 0 Å². The van der Waals surface area contributed by atoms with Gasteiger partial charge in [0.25, 0.3) is 0 Å². The van der Waals surface area contributed by atoms with E-state index in [0.717, 1.165) is 12.3 Å². The zero-order valence-electron chi connectivity index (χ0n) is 8.64. The molecule has 0 aromatic rings. The molecule has 1 heteroatoms. The van der Waals surface area contributed by atoms with Gasteiger partial charge in [0.2, 0.25) is 0 Å². The van der Waals surface area contributed by atoms with Crippen LogP contribution in [0.5, 0.6) is 0 Å². The monoisotopic (exact) mass is 170 g/mol. The van der Waals surface area contributed by atoms with Crippen LogP contribution in [0.25, 0.3) is 0 Å². The maximum atomic E-state index is 9.27. The molecule has 1 rings (SSSR count). The molecule has 1 aliphatic carbocycles. The van der Waals surface area contributed by atoms with Gasteiger partial charge in [0.1, 0.15) is 0 Å². The summed E-state index contributed by atoms with van der Waals surface area (Å²) in [5.74, 6) is 0.772. The highest BCUT2D eigenvalue weighted by atomic mass is 16.3. The third-order valence-corrected chi connectivity index (χ3v) is 2.98. The zero-order chi connectivity index (χ0) is 9.19. The van der Waals surface area contributed by atoms with Crippen molar-refractivity contribution >= 4 is 0 Å². The first-order valence-corrected chi connectivity index (χ1v) is 5.18. The Labute approximate surface area is 76.2 Å². The molecule has 1 N–H and O–H groups in total. The van der Waals surface area contributed by atoms with Crippen molar-refractivity contribution in [3.63, 3.8) is 0 Å². The lowest BCUT2D eigenvalue weighted by Gasteiger charge is -2.35. The highest BCUT2D eigenvalue weighted by molar-refractivity contribution is 4.79. The summed E-state index contributed by atoms with van der Waals surface area (Å²) < 4.78 is 0. The van der Waals surface area contributed by atoms with Crippen molar-refractivity contribution in [1.82, 2.24) is 0 Å². The Hall–Kier alpha value is -0.0400. The number of hydrogen-bond donors (Lipinski definition) is 1. The fraction of sp³-hybridized carbons (Fsp3) is 1.00. The van der Waals surface area contributed by atoms with Crippen molar-refractivity contribution in [2.24, 2.45) is 11.3 Å². The van der Waals surface area contributed by atoms with E-state index >= 15 is 0 Å². The van der Waals surface area contributed by atoms with Crippen molar-refractivity contribution < 1.29 is 5.11 Å². The molecule has 72 valence electrons. The molecule has 0 bridgehead atoms. The van der Waals surface area contributed by atoms with Gasteiger partial charge in [0, 0.05) is 0 Å². The summed E-state index contributed by atoms with van der Waals surface area (Å²) in [5, 5.41) is 9.27. The van der Waals surface area contributed by atoms with E-state index in [1.807, 2.05) is 6.92 Å². The second kappa shape index (κ2) is 3.78. The largest absolute Gasteiger partial charge is 0.393 e. The molecular formula is C11H22O. The molecule has 0 spiro atoms. The van der Waals surface area contributed by atoms with Crippen LogP contribution in [0.2, 0.25) is 0 Å². The third kappa shape index (κ3) is 3.14. The van der Waals surface area contributed by atoms with E-state index in [2.05, 4.69) is 13.8 Å². The fourth-order valence-electron chi connectivity index (χ4n) is 2.54. The van der Waals surface area contributed by atoms with Crippen LogP contribution in [0.1, 0.15) is 52.9 Å². The van der Waals surface area contributed by atoms with Gasteiger partial charge in [-0.25, -0.2) is 0 Å². The number of rotatable bonds is 2. The second-order valence-corrected chi connectivity index (χ2v) is 5.21. The second-order valence-electron chi connectivity index (χ2n) is 5.21. The molecular weight excluding hydrogens is 148 g/mol. The number of aliphatic hydroxyl groups is 1. The molecule has 0 radical (unpaired) electrons. The SMILES string of the molecule is C[C@@H](O)CC1CCCC(C)(C)C1. The first kappa shape index (κ1) is 10.0. The Bertz CT molecular complexity index is 138. The Kier molecular flexibility index (Phi) is 3.16. The van der Waals surface area contributed by atoms with Crippen LogP contribution in [-0.4, -0.2) is 11.2 Å². The van der Waals surface area contributed by atoms with E-state index in [1.54, 1.807) is 0 Å². The maximum Gasteiger partial charge on any atom is 0.0514 e. The minimum absolute atomic E-state index is 0.108. The quantitative estimate of drug-likeness (QED) is 0.675. The van der Waals surface area contributed by atoms with E-state index < -0.39 is 0 Å². The maximum absolute atomic E-state index is 9.27. The molecule has 1 nitrogen and oxygen atoms in total. The summed E-state index contributed by atoms with van der Waals surface area (Å²) in [6, 6.07) is 0. The van der Waals surface area contributed by atoms with Crippen LogP contribution >= 0.6 is 0 Å². The molecule has 2 atom stereocenters. The van der Waals surface area contributed by atoms with E-state index in [4.69, 9.17) is 0 Å². The number of hydrogen-bond acceptors (Lipinski definition) is 1. The van der Waals surface area contributed by atoms with Gasteiger partial charge in [-0.1, -0.05) is 26.7 Å². The minimum Gasteiger partial charge on any atom is -0.393 e. The minimum atomic E-state index is -0.108. The predicted molar refractivity (Wildman–Crippen MR) is 52.0 cm³/mol. The summed E-state index contributed by atoms with van der Waals surface area (Å²) in [7, 11) is 0. The van der Waals surface area contributed by atoms with Gasteiger partial charge in [-0.3, -0.25) is 0 Å². The van der Waals surface area contributed by atoms with Gasteiger partial charge < -0.3 is 5.11 Å². The number of aliphatic hydroxyl groups excluding tert-OH is 1. The molecule has 0 heterocycles. The van der Waals surface area contributed by atoms with Crippen molar-refractivity contribution in [1.29, 1.82) is 0 Å². The molecule has 0 aromatic heterocycles. The summed E-state index contributed by atoms with van der Waals surface area (Å²) in [6.07, 6.45) is 6.24. The van der Waals surface area contributed by atoms with Crippen LogP contribution in [0.4, 0.5) is 0 Å². The van der Waals surface area contributed by atoms with Gasteiger partial charge in [-0.15, -0.1) is 0 Å². The van der Waals surface area contributed by atoms with E-state index in [9.17, 15) is 5.11 Å². The Morgan fingerprint density at radius 2 is 2.17 bits per heavy atom. The zero-order valence-corrected chi connectivity index (χ0v) is 8.64. The molecule has 1 unspecified atom stereocenters. The molecule has 1 aliphatic rings. The van der Waals surface area contributed by atoms with E-state index in [1.165, 1.54) is 25.7 Å². The topological polar surface area (TPSA) is 20.2 Å². The lowest BCUT2D eigenvalue weighted by molar-refractivity contribution is 0.109. The van der Waals surface area contributed by atoms with Crippen LogP contribution in [-0.2, 0) is 0 Å². The van der Waals surface area contributed by atoms with Crippen LogP contribution in [0.3, 0.4) is 0 Å². The van der Waals surface area contributed by atoms with Gasteiger partial charge in [0.05, 0.1) is 6.10 Å². The Morgan fingerprint density at radius 3 is 2.67 bits per heavy atom. The van der Waals surface area contributed by atoms with Crippen LogP contribution in [0, 0.1) is 11.3 Å². The summed E-state index contributed by atoms with van der Waals surface area (Å²) in [6.45, 7) is 6.60. The average molecular weight is 170 g/mol. The van der Waals surface area contributed by atoms with E-state index in [0.29, 0.717) is 5.41 Å². The van der Waals surface area contributed by atoms with Crippen molar-refractivity contribution in [2.45, 2.75) is 59.0 Å². The first-order valence-electron chi connectivity index (χ1n) is 5.18. The van der Waals surface area contributed by atoms with E-state index in [-0.39, 0.29) is 6.10 Å². The first-order chi connectivity index (χ1) is 5.49. The highest BCUT2D eigenvalue weighted by Gasteiger charge is 2.28. The molecule has 0 aliphatic heterocycles. The Morgan fingerprint density at radius 1 is 1.50 bits per heavy atom. The predicted octanol–water partition coefficient (Wildman–Crippen LogP) is 2.97. The van der Waals surface area contributed by atoms with Crippen molar-refractivity contribution in [2.75, 3.05) is 0 Å². The average Bonchev–Trinajstić information content (AvgIpc) is 1.82. The van der Waals surface area contributed by atoms with Crippen LogP contribution in [0.15, 0.2) is 0 Å². The van der Waals surface area contributed by atoms with Gasteiger partial charge in [0.15, 0.2) is 0 Å². The molecule has 0 saturated heterocycles. The van der Waals surface area contributed by atoms with Gasteiger partial charge >= 0.3 is 0 Å². The molecule has 0 amide bonds. The Balaban J connectivity index is 2.36. The smallest absolute Gasteiger partial charge is 0.0514 e. The summed E-state index contributed by atoms with van der Waals surface area (Å²) in [5.41, 5.74) is 0.526. The molecule has 12 heavy (non-hydrogen) atoms. The highest BCUT2D eigenvalue weighted by Crippen LogP contribution is 2.40. The third-order valence-electron chi connectivity index (χ3n) is 2.98. The van der Waals surface area contributed by atoms with Gasteiger partial charge in [-0.05, 0) is 37.5 Å². The lowest BCUT2D eigenvalue weighted by atomic mass is 9.71. The standard InChI is InChI=1S/C11H22O/c1-9(12)7-10-5-4-6-11(2,3)8-10/h9-10,12H,4-8H2,1-3H3/t9-,10?/m1/s1. The summed E-state index contributed by atoms with van der Waals surface area (Å²) >= 11 is 0. The lowest BCUT2D eigenvalue weighted by Crippen LogP contribution is -2.24. The fourth-order valence-corrected chi connectivity index (χ4v) is 2.54. The van der Waals surface area contributed by atoms with Crippen molar-refractivity contribution in [3.8, 4) is 0 Å².